The van der Waals surface area contributed by atoms with Crippen LogP contribution in [0.1, 0.15) is 19.4 Å². The maximum Gasteiger partial charge on any atom is 0.238 e. The zero-order valence-corrected chi connectivity index (χ0v) is 16.3. The molecule has 0 bridgehead atoms. The Morgan fingerprint density at radius 1 is 1.04 bits per heavy atom. The minimum Gasteiger partial charge on any atom is -0.342 e. The number of benzene rings is 1. The summed E-state index contributed by atoms with van der Waals surface area (Å²) in [5.41, 5.74) is 0.747. The molecule has 1 aromatic carbocycles. The monoisotopic (exact) mass is 391 g/mol. The van der Waals surface area contributed by atoms with Gasteiger partial charge in [-0.1, -0.05) is 12.1 Å². The van der Waals surface area contributed by atoms with Crippen LogP contribution in [0.25, 0.3) is 0 Å². The lowest BCUT2D eigenvalue weighted by Crippen LogP contribution is -2.43. The summed E-state index contributed by atoms with van der Waals surface area (Å²) in [6.45, 7) is 4.61. The predicted molar refractivity (Wildman–Crippen MR) is 95.9 cm³/mol. The Balaban J connectivity index is 2.82. The fourth-order valence-electron chi connectivity index (χ4n) is 2.29. The highest BCUT2D eigenvalue weighted by Crippen LogP contribution is 2.11. The summed E-state index contributed by atoms with van der Waals surface area (Å²) in [5, 5.41) is 5.04. The normalized spacial score (nSPS) is 12.4. The Labute approximate surface area is 149 Å². The molecule has 8 nitrogen and oxygen atoms in total. The van der Waals surface area contributed by atoms with Gasteiger partial charge in [-0.25, -0.2) is 22.0 Å². The van der Waals surface area contributed by atoms with E-state index in [-0.39, 0.29) is 23.9 Å². The number of amides is 1. The highest BCUT2D eigenvalue weighted by atomic mass is 32.2. The van der Waals surface area contributed by atoms with Gasteiger partial charge in [0.05, 0.1) is 17.7 Å². The van der Waals surface area contributed by atoms with Crippen LogP contribution >= 0.6 is 0 Å². The van der Waals surface area contributed by atoms with Gasteiger partial charge in [0.25, 0.3) is 0 Å². The Morgan fingerprint density at radius 3 is 1.96 bits per heavy atom. The summed E-state index contributed by atoms with van der Waals surface area (Å²) in [4.78, 5) is 13.7. The second-order valence-corrected chi connectivity index (χ2v) is 9.15. The summed E-state index contributed by atoms with van der Waals surface area (Å²) < 4.78 is 47.5. The van der Waals surface area contributed by atoms with Crippen molar-refractivity contribution < 1.29 is 21.6 Å². The van der Waals surface area contributed by atoms with Gasteiger partial charge in [0, 0.05) is 19.6 Å². The number of nitrogens with zero attached hydrogens (tertiary/aromatic N) is 2. The van der Waals surface area contributed by atoms with Gasteiger partial charge in [0.15, 0.2) is 0 Å². The number of carbonyl (C=O) groups is 1. The predicted octanol–water partition coefficient (Wildman–Crippen LogP) is 0.00650. The average Bonchev–Trinajstić information content (AvgIpc) is 2.51. The second kappa shape index (κ2) is 8.75. The van der Waals surface area contributed by atoms with Crippen molar-refractivity contribution in [3.63, 3.8) is 0 Å². The van der Waals surface area contributed by atoms with Crippen molar-refractivity contribution in [2.75, 3.05) is 32.4 Å². The van der Waals surface area contributed by atoms with Gasteiger partial charge in [-0.15, -0.1) is 0 Å². The standard InChI is InChI=1S/C15H25N3O5S2/c1-4-17(5-2)15(19)12-18(24(3,20)21)11-10-13-6-8-14(9-7-13)25(16,22)23/h6-9H,4-5,10-12H2,1-3H3,(H2,16,22,23). The number of nitrogens with two attached hydrogens (primary N) is 1. The molecule has 25 heavy (non-hydrogen) atoms. The minimum atomic E-state index is -3.76. The van der Waals surface area contributed by atoms with Gasteiger partial charge in [-0.05, 0) is 38.0 Å². The number of sulfonamides is 2. The third kappa shape index (κ3) is 6.73. The van der Waals surface area contributed by atoms with E-state index in [1.54, 1.807) is 17.0 Å². The topological polar surface area (TPSA) is 118 Å². The van der Waals surface area contributed by atoms with Crippen molar-refractivity contribution in [3.8, 4) is 0 Å². The molecule has 1 amide bonds. The van der Waals surface area contributed by atoms with E-state index in [2.05, 4.69) is 0 Å². The second-order valence-electron chi connectivity index (χ2n) is 5.60. The number of hydrogen-bond acceptors (Lipinski definition) is 5. The molecule has 142 valence electrons. The fraction of sp³-hybridized carbons (Fsp3) is 0.533. The van der Waals surface area contributed by atoms with E-state index >= 15 is 0 Å². The van der Waals surface area contributed by atoms with E-state index in [9.17, 15) is 21.6 Å². The molecule has 0 atom stereocenters. The lowest BCUT2D eigenvalue weighted by molar-refractivity contribution is -0.131. The minimum absolute atomic E-state index is 0.00655. The van der Waals surface area contributed by atoms with Crippen LogP contribution in [-0.2, 0) is 31.3 Å². The lowest BCUT2D eigenvalue weighted by atomic mass is 10.1. The van der Waals surface area contributed by atoms with Crippen molar-refractivity contribution in [3.05, 3.63) is 29.8 Å². The average molecular weight is 392 g/mol. The van der Waals surface area contributed by atoms with E-state index < -0.39 is 20.0 Å². The number of carbonyl (C=O) groups excluding carboxylic acids is 1. The maximum atomic E-state index is 12.2. The third-order valence-corrected chi connectivity index (χ3v) is 5.98. The molecule has 0 spiro atoms. The van der Waals surface area contributed by atoms with Gasteiger partial charge in [0.1, 0.15) is 0 Å². The first-order valence-corrected chi connectivity index (χ1v) is 11.2. The van der Waals surface area contributed by atoms with Gasteiger partial charge >= 0.3 is 0 Å². The Hall–Kier alpha value is -1.49. The van der Waals surface area contributed by atoms with Crippen LogP contribution < -0.4 is 5.14 Å². The number of primary sulfonamides is 1. The van der Waals surface area contributed by atoms with Crippen LogP contribution in [0.3, 0.4) is 0 Å². The molecule has 0 aromatic heterocycles. The largest absolute Gasteiger partial charge is 0.342 e. The molecular formula is C15H25N3O5S2. The smallest absolute Gasteiger partial charge is 0.238 e. The van der Waals surface area contributed by atoms with E-state index in [4.69, 9.17) is 5.14 Å². The fourth-order valence-corrected chi connectivity index (χ4v) is 3.57. The number of hydrogen-bond donors (Lipinski definition) is 1. The van der Waals surface area contributed by atoms with Crippen molar-refractivity contribution in [1.29, 1.82) is 0 Å². The molecular weight excluding hydrogens is 366 g/mol. The van der Waals surface area contributed by atoms with E-state index in [1.165, 1.54) is 12.1 Å². The summed E-state index contributed by atoms with van der Waals surface area (Å²) >= 11 is 0. The number of likely N-dealkylation sites (N-methyl/N-ethyl adjacent to an activating group) is 1. The highest BCUT2D eigenvalue weighted by Gasteiger charge is 2.22. The third-order valence-electron chi connectivity index (χ3n) is 3.80. The molecule has 0 radical (unpaired) electrons. The lowest BCUT2D eigenvalue weighted by Gasteiger charge is -2.24. The molecule has 0 aliphatic rings. The van der Waals surface area contributed by atoms with E-state index in [1.807, 2.05) is 13.8 Å². The first-order chi connectivity index (χ1) is 11.5. The molecule has 2 N–H and O–H groups in total. The molecule has 0 heterocycles. The summed E-state index contributed by atoms with van der Waals surface area (Å²) in [6.07, 6.45) is 1.41. The van der Waals surface area contributed by atoms with Gasteiger partial charge < -0.3 is 4.90 Å². The van der Waals surface area contributed by atoms with Crippen LogP contribution in [0.15, 0.2) is 29.2 Å². The molecule has 10 heteroatoms. The van der Waals surface area contributed by atoms with Crippen molar-refractivity contribution >= 4 is 26.0 Å². The van der Waals surface area contributed by atoms with Crippen molar-refractivity contribution in [2.45, 2.75) is 25.2 Å². The molecule has 0 fully saturated rings. The summed E-state index contributed by atoms with van der Waals surface area (Å²) in [5.74, 6) is -0.250. The Morgan fingerprint density at radius 2 is 1.56 bits per heavy atom. The summed E-state index contributed by atoms with van der Waals surface area (Å²) in [6, 6.07) is 5.89. The molecule has 1 aromatic rings. The highest BCUT2D eigenvalue weighted by molar-refractivity contribution is 7.89. The zero-order chi connectivity index (χ0) is 19.3. The van der Waals surface area contributed by atoms with E-state index in [0.29, 0.717) is 19.5 Å². The van der Waals surface area contributed by atoms with Gasteiger partial charge in [-0.3, -0.25) is 4.79 Å². The van der Waals surface area contributed by atoms with Crippen molar-refractivity contribution in [2.24, 2.45) is 5.14 Å². The Kier molecular flexibility index (Phi) is 7.54. The van der Waals surface area contributed by atoms with Gasteiger partial charge in [-0.2, -0.15) is 4.31 Å². The van der Waals surface area contributed by atoms with Crippen LogP contribution in [0.4, 0.5) is 0 Å². The molecule has 0 unspecified atom stereocenters. The van der Waals surface area contributed by atoms with Crippen LogP contribution in [0, 0.1) is 0 Å². The molecule has 0 aliphatic carbocycles. The summed E-state index contributed by atoms with van der Waals surface area (Å²) in [7, 11) is -7.30. The van der Waals surface area contributed by atoms with Crippen LogP contribution in [0.2, 0.25) is 0 Å². The van der Waals surface area contributed by atoms with E-state index in [0.717, 1.165) is 16.1 Å². The Bertz CT molecular complexity index is 785. The number of rotatable bonds is 9. The molecule has 0 saturated heterocycles. The van der Waals surface area contributed by atoms with Crippen LogP contribution in [-0.4, -0.2) is 64.4 Å². The first-order valence-electron chi connectivity index (χ1n) is 7.83. The quantitative estimate of drug-likeness (QED) is 0.636. The first kappa shape index (κ1) is 21.6. The van der Waals surface area contributed by atoms with Crippen LogP contribution in [0.5, 0.6) is 0 Å². The maximum absolute atomic E-state index is 12.2. The molecule has 0 saturated carbocycles. The van der Waals surface area contributed by atoms with Crippen molar-refractivity contribution in [1.82, 2.24) is 9.21 Å². The molecule has 1 rings (SSSR count). The molecule has 0 aliphatic heterocycles. The SMILES string of the molecule is CCN(CC)C(=O)CN(CCc1ccc(S(N)(=O)=O)cc1)S(C)(=O)=O. The van der Waals surface area contributed by atoms with Gasteiger partial charge in [0.2, 0.25) is 26.0 Å². The zero-order valence-electron chi connectivity index (χ0n) is 14.7.